The van der Waals surface area contributed by atoms with Gasteiger partial charge in [-0.3, -0.25) is 0 Å². The number of benzene rings is 1. The van der Waals surface area contributed by atoms with Gasteiger partial charge in [-0.15, -0.1) is 0 Å². The van der Waals surface area contributed by atoms with Crippen LogP contribution in [-0.4, -0.2) is 32.1 Å². The van der Waals surface area contributed by atoms with Crippen LogP contribution in [0.3, 0.4) is 0 Å². The Morgan fingerprint density at radius 1 is 1.24 bits per heavy atom. The van der Waals surface area contributed by atoms with E-state index in [0.29, 0.717) is 0 Å². The van der Waals surface area contributed by atoms with E-state index in [1.165, 1.54) is 43.5 Å². The summed E-state index contributed by atoms with van der Waals surface area (Å²) in [6, 6.07) is 8.89. The van der Waals surface area contributed by atoms with Crippen molar-refractivity contribution in [1.29, 1.82) is 0 Å². The Hall–Kier alpha value is -0.860. The standard InChI is InChI=1S/C15H24N2/c1-17(2)12-15-8-4-3-7-14(15)10-13-6-5-9-16-11-13/h3-4,7-8,13,16H,5-6,9-12H2,1-2H3. The summed E-state index contributed by atoms with van der Waals surface area (Å²) in [5, 5.41) is 3.50. The molecule has 0 bridgehead atoms. The number of hydrogen-bond donors (Lipinski definition) is 1. The lowest BCUT2D eigenvalue weighted by atomic mass is 9.90. The Balaban J connectivity index is 2.03. The molecule has 1 unspecified atom stereocenters. The molecule has 2 rings (SSSR count). The van der Waals surface area contributed by atoms with Crippen molar-refractivity contribution in [3.8, 4) is 0 Å². The maximum Gasteiger partial charge on any atom is 0.0230 e. The number of nitrogens with zero attached hydrogens (tertiary/aromatic N) is 1. The van der Waals surface area contributed by atoms with Gasteiger partial charge in [0.2, 0.25) is 0 Å². The molecule has 0 aromatic heterocycles. The molecule has 17 heavy (non-hydrogen) atoms. The van der Waals surface area contributed by atoms with Crippen molar-refractivity contribution in [2.75, 3.05) is 27.2 Å². The van der Waals surface area contributed by atoms with Gasteiger partial charge in [0.25, 0.3) is 0 Å². The molecule has 1 heterocycles. The van der Waals surface area contributed by atoms with Crippen LogP contribution in [0.5, 0.6) is 0 Å². The molecule has 1 saturated heterocycles. The summed E-state index contributed by atoms with van der Waals surface area (Å²) in [4.78, 5) is 2.25. The Morgan fingerprint density at radius 2 is 2.00 bits per heavy atom. The van der Waals surface area contributed by atoms with E-state index < -0.39 is 0 Å². The van der Waals surface area contributed by atoms with Crippen LogP contribution < -0.4 is 5.32 Å². The number of rotatable bonds is 4. The molecule has 2 heteroatoms. The van der Waals surface area contributed by atoms with Crippen LogP contribution in [0.25, 0.3) is 0 Å². The lowest BCUT2D eigenvalue weighted by molar-refractivity contribution is 0.369. The van der Waals surface area contributed by atoms with Gasteiger partial charge in [-0.25, -0.2) is 0 Å². The van der Waals surface area contributed by atoms with Gasteiger partial charge in [0.15, 0.2) is 0 Å². The van der Waals surface area contributed by atoms with E-state index >= 15 is 0 Å². The van der Waals surface area contributed by atoms with E-state index in [0.717, 1.165) is 12.5 Å². The molecule has 1 fully saturated rings. The molecule has 2 nitrogen and oxygen atoms in total. The molecule has 0 aliphatic carbocycles. The minimum Gasteiger partial charge on any atom is -0.316 e. The molecule has 1 aromatic rings. The van der Waals surface area contributed by atoms with Crippen molar-refractivity contribution in [2.24, 2.45) is 5.92 Å². The molecular weight excluding hydrogens is 208 g/mol. The van der Waals surface area contributed by atoms with Crippen molar-refractivity contribution >= 4 is 0 Å². The first-order valence-corrected chi connectivity index (χ1v) is 6.68. The second kappa shape index (κ2) is 6.18. The molecule has 0 radical (unpaired) electrons. The summed E-state index contributed by atoms with van der Waals surface area (Å²) in [6.07, 6.45) is 3.95. The van der Waals surface area contributed by atoms with Crippen molar-refractivity contribution < 1.29 is 0 Å². The molecule has 0 saturated carbocycles. The van der Waals surface area contributed by atoms with E-state index in [-0.39, 0.29) is 0 Å². The Labute approximate surface area is 105 Å². The zero-order valence-corrected chi connectivity index (χ0v) is 11.1. The fourth-order valence-electron chi connectivity index (χ4n) is 2.66. The quantitative estimate of drug-likeness (QED) is 0.857. The highest BCUT2D eigenvalue weighted by Gasteiger charge is 2.15. The fraction of sp³-hybridized carbons (Fsp3) is 0.600. The van der Waals surface area contributed by atoms with Crippen LogP contribution in [0.1, 0.15) is 24.0 Å². The van der Waals surface area contributed by atoms with Gasteiger partial charge in [0.05, 0.1) is 0 Å². The van der Waals surface area contributed by atoms with Gasteiger partial charge in [-0.2, -0.15) is 0 Å². The second-order valence-electron chi connectivity index (χ2n) is 5.42. The molecule has 1 N–H and O–H groups in total. The van der Waals surface area contributed by atoms with Crippen LogP contribution in [0.15, 0.2) is 24.3 Å². The molecule has 1 aliphatic heterocycles. The van der Waals surface area contributed by atoms with Gasteiger partial charge < -0.3 is 10.2 Å². The molecule has 1 aromatic carbocycles. The maximum absolute atomic E-state index is 3.50. The molecule has 0 amide bonds. The summed E-state index contributed by atoms with van der Waals surface area (Å²) in [5.41, 5.74) is 3.03. The van der Waals surface area contributed by atoms with Crippen molar-refractivity contribution in [1.82, 2.24) is 10.2 Å². The summed E-state index contributed by atoms with van der Waals surface area (Å²) in [7, 11) is 4.28. The van der Waals surface area contributed by atoms with E-state index in [1.807, 2.05) is 0 Å². The third kappa shape index (κ3) is 3.83. The summed E-state index contributed by atoms with van der Waals surface area (Å²) >= 11 is 0. The van der Waals surface area contributed by atoms with Crippen LogP contribution in [0, 0.1) is 5.92 Å². The molecule has 1 aliphatic rings. The summed E-state index contributed by atoms with van der Waals surface area (Å²) in [5.74, 6) is 0.826. The average Bonchev–Trinajstić information content (AvgIpc) is 2.32. The first-order chi connectivity index (χ1) is 8.25. The Bertz CT molecular complexity index is 341. The highest BCUT2D eigenvalue weighted by atomic mass is 15.0. The lowest BCUT2D eigenvalue weighted by Crippen LogP contribution is -2.31. The zero-order valence-electron chi connectivity index (χ0n) is 11.1. The molecule has 1 atom stereocenters. The van der Waals surface area contributed by atoms with E-state index in [9.17, 15) is 0 Å². The van der Waals surface area contributed by atoms with Gasteiger partial charge in [0.1, 0.15) is 0 Å². The molecule has 94 valence electrons. The number of piperidine rings is 1. The zero-order chi connectivity index (χ0) is 12.1. The first-order valence-electron chi connectivity index (χ1n) is 6.68. The fourth-order valence-corrected chi connectivity index (χ4v) is 2.66. The summed E-state index contributed by atoms with van der Waals surface area (Å²) < 4.78 is 0. The largest absolute Gasteiger partial charge is 0.316 e. The SMILES string of the molecule is CN(C)Cc1ccccc1CC1CCCNC1. The van der Waals surface area contributed by atoms with Crippen LogP contribution >= 0.6 is 0 Å². The van der Waals surface area contributed by atoms with Crippen molar-refractivity contribution in [3.63, 3.8) is 0 Å². The van der Waals surface area contributed by atoms with Crippen LogP contribution in [0.4, 0.5) is 0 Å². The van der Waals surface area contributed by atoms with E-state index in [2.05, 4.69) is 48.6 Å². The predicted octanol–water partition coefficient (Wildman–Crippen LogP) is 2.29. The van der Waals surface area contributed by atoms with Gasteiger partial charge in [-0.05, 0) is 63.5 Å². The van der Waals surface area contributed by atoms with Crippen LogP contribution in [0.2, 0.25) is 0 Å². The van der Waals surface area contributed by atoms with Crippen LogP contribution in [-0.2, 0) is 13.0 Å². The third-order valence-corrected chi connectivity index (χ3v) is 3.51. The third-order valence-electron chi connectivity index (χ3n) is 3.51. The lowest BCUT2D eigenvalue weighted by Gasteiger charge is -2.24. The smallest absolute Gasteiger partial charge is 0.0230 e. The topological polar surface area (TPSA) is 15.3 Å². The van der Waals surface area contributed by atoms with E-state index in [1.54, 1.807) is 0 Å². The summed E-state index contributed by atoms with van der Waals surface area (Å²) in [6.45, 7) is 3.45. The predicted molar refractivity (Wildman–Crippen MR) is 73.1 cm³/mol. The van der Waals surface area contributed by atoms with Crippen molar-refractivity contribution in [3.05, 3.63) is 35.4 Å². The van der Waals surface area contributed by atoms with Gasteiger partial charge in [-0.1, -0.05) is 24.3 Å². The highest BCUT2D eigenvalue weighted by Crippen LogP contribution is 2.19. The minimum absolute atomic E-state index is 0.826. The Kier molecular flexibility index (Phi) is 4.57. The Morgan fingerprint density at radius 3 is 2.65 bits per heavy atom. The minimum atomic E-state index is 0.826. The highest BCUT2D eigenvalue weighted by molar-refractivity contribution is 5.27. The second-order valence-corrected chi connectivity index (χ2v) is 5.42. The first kappa shape index (κ1) is 12.6. The van der Waals surface area contributed by atoms with Gasteiger partial charge in [0, 0.05) is 6.54 Å². The molecular formula is C15H24N2. The van der Waals surface area contributed by atoms with Gasteiger partial charge >= 0.3 is 0 Å². The van der Waals surface area contributed by atoms with Crippen molar-refractivity contribution in [2.45, 2.75) is 25.8 Å². The number of nitrogens with one attached hydrogen (secondary N) is 1. The molecule has 0 spiro atoms. The van der Waals surface area contributed by atoms with E-state index in [4.69, 9.17) is 0 Å². The number of hydrogen-bond acceptors (Lipinski definition) is 2. The normalized spacial score (nSPS) is 20.8. The monoisotopic (exact) mass is 232 g/mol. The maximum atomic E-state index is 3.50. The average molecular weight is 232 g/mol.